The van der Waals surface area contributed by atoms with Gasteiger partial charge in [0, 0.05) is 33.3 Å². The summed E-state index contributed by atoms with van der Waals surface area (Å²) < 4.78 is 66.8. The maximum Gasteiger partial charge on any atom is 0.323 e. The fourth-order valence-corrected chi connectivity index (χ4v) is 6.65. The molecule has 0 saturated heterocycles. The zero-order chi connectivity index (χ0) is 37.4. The lowest BCUT2D eigenvalue weighted by Crippen LogP contribution is -2.20. The lowest BCUT2D eigenvalue weighted by atomic mass is 10.1. The van der Waals surface area contributed by atoms with Crippen LogP contribution in [0.3, 0.4) is 0 Å². The van der Waals surface area contributed by atoms with E-state index < -0.39 is 59.4 Å². The summed E-state index contributed by atoms with van der Waals surface area (Å²) in [6.45, 7) is 0. The quantitative estimate of drug-likeness (QED) is 0.0659. The van der Waals surface area contributed by atoms with Crippen molar-refractivity contribution in [2.45, 2.75) is 9.79 Å². The van der Waals surface area contributed by atoms with E-state index in [1.807, 2.05) is 0 Å². The Kier molecular flexibility index (Phi) is 9.26. The predicted octanol–water partition coefficient (Wildman–Crippen LogP) is 6.05. The van der Waals surface area contributed by atoms with E-state index in [9.17, 15) is 50.5 Å². The van der Waals surface area contributed by atoms with Crippen molar-refractivity contribution in [2.75, 3.05) is 21.3 Å². The largest absolute Gasteiger partial charge is 0.504 e. The van der Waals surface area contributed by atoms with Crippen molar-refractivity contribution >= 4 is 82.4 Å². The van der Waals surface area contributed by atoms with Crippen LogP contribution >= 0.6 is 0 Å². The van der Waals surface area contributed by atoms with E-state index in [2.05, 4.69) is 21.3 Å². The predicted molar refractivity (Wildman–Crippen MR) is 192 cm³/mol. The molecule has 0 aliphatic heterocycles. The van der Waals surface area contributed by atoms with Crippen molar-refractivity contribution in [3.05, 3.63) is 120 Å². The molecule has 17 heteroatoms. The average Bonchev–Trinajstić information content (AvgIpc) is 3.09. The number of benzene rings is 6. The first-order valence-corrected chi connectivity index (χ1v) is 17.8. The number of hydrogen-bond donors (Lipinski definition) is 8. The molecule has 6 rings (SSSR count). The molecule has 0 fully saturated rings. The second kappa shape index (κ2) is 13.6. The highest BCUT2D eigenvalue weighted by atomic mass is 32.2. The van der Waals surface area contributed by atoms with Gasteiger partial charge in [-0.25, -0.2) is 4.79 Å². The van der Waals surface area contributed by atoms with Crippen LogP contribution in [-0.2, 0) is 20.2 Å². The molecule has 0 unspecified atom stereocenters. The van der Waals surface area contributed by atoms with Gasteiger partial charge in [-0.3, -0.25) is 18.7 Å². The smallest absolute Gasteiger partial charge is 0.323 e. The fraction of sp³-hybridized carbons (Fsp3) is 0. The molecule has 52 heavy (non-hydrogen) atoms. The van der Waals surface area contributed by atoms with Gasteiger partial charge in [-0.15, -0.1) is 0 Å². The summed E-state index contributed by atoms with van der Waals surface area (Å²) in [7, 11) is -9.70. The molecular formula is C35H26N4O11S2. The topological polar surface area (TPSA) is 249 Å². The molecule has 8 N–H and O–H groups in total. The van der Waals surface area contributed by atoms with Crippen LogP contribution in [-0.4, -0.2) is 54.0 Å². The van der Waals surface area contributed by atoms with Crippen LogP contribution in [0.25, 0.3) is 21.5 Å². The lowest BCUT2D eigenvalue weighted by molar-refractivity contribution is 0.101. The lowest BCUT2D eigenvalue weighted by Gasteiger charge is -2.15. The summed E-state index contributed by atoms with van der Waals surface area (Å²) in [5, 5.41) is 32.6. The summed E-state index contributed by atoms with van der Waals surface area (Å²) in [5.41, 5.74) is -0.200. The van der Waals surface area contributed by atoms with E-state index in [0.29, 0.717) is 21.5 Å². The second-order valence-corrected chi connectivity index (χ2v) is 14.0. The van der Waals surface area contributed by atoms with Gasteiger partial charge in [-0.05, 0) is 59.3 Å². The van der Waals surface area contributed by atoms with Gasteiger partial charge in [-0.1, -0.05) is 60.7 Å². The SMILES string of the molecule is O=C(Nc1cccc(C(=O)Nc2c(O)c(S(=O)(=O)O)cc3ccccc23)c1)Nc1cccc(C(=O)Nc2c(O)c(S(=O)(=O)O)cc3ccccc23)c1. The number of rotatable bonds is 8. The highest BCUT2D eigenvalue weighted by Gasteiger charge is 2.24. The van der Waals surface area contributed by atoms with Crippen LogP contribution in [0.1, 0.15) is 20.7 Å². The van der Waals surface area contributed by atoms with Crippen LogP contribution in [0.5, 0.6) is 11.5 Å². The standard InChI is InChI=1S/C35H26N4O11S2/c40-31-27(51(45,46)47)17-19-7-1-3-13-25(19)29(31)38-33(42)21-9-5-11-23(15-21)36-35(44)37-24-12-6-10-22(16-24)34(43)39-30-26-14-4-2-8-20(26)18-28(32(30)41)52(48,49)50/h1-18,40-41H,(H,38,42)(H,39,43)(H2,36,37,44)(H,45,46,47)(H,48,49,50). The van der Waals surface area contributed by atoms with Crippen molar-refractivity contribution in [3.63, 3.8) is 0 Å². The van der Waals surface area contributed by atoms with Gasteiger partial charge >= 0.3 is 6.03 Å². The van der Waals surface area contributed by atoms with Gasteiger partial charge < -0.3 is 31.5 Å². The number of carbonyl (C=O) groups is 3. The van der Waals surface area contributed by atoms with Gasteiger partial charge in [0.15, 0.2) is 11.5 Å². The Hall–Kier alpha value is -6.53. The Labute approximate surface area is 295 Å². The Morgan fingerprint density at radius 1 is 0.481 bits per heavy atom. The van der Waals surface area contributed by atoms with Crippen molar-refractivity contribution in [2.24, 2.45) is 0 Å². The highest BCUT2D eigenvalue weighted by molar-refractivity contribution is 7.86. The minimum absolute atomic E-state index is 0.00560. The summed E-state index contributed by atoms with van der Waals surface area (Å²) in [6.07, 6.45) is 0. The van der Waals surface area contributed by atoms with E-state index in [1.54, 1.807) is 24.3 Å². The number of phenolic OH excluding ortho intramolecular Hbond substituents is 2. The number of fused-ring (bicyclic) bond motifs is 2. The zero-order valence-electron chi connectivity index (χ0n) is 26.4. The molecule has 0 spiro atoms. The Morgan fingerprint density at radius 2 is 0.865 bits per heavy atom. The third kappa shape index (κ3) is 7.32. The van der Waals surface area contributed by atoms with Gasteiger partial charge in [-0.2, -0.15) is 16.8 Å². The average molecular weight is 743 g/mol. The number of phenols is 2. The number of aromatic hydroxyl groups is 2. The number of amides is 4. The molecule has 6 aromatic carbocycles. The van der Waals surface area contributed by atoms with Crippen molar-refractivity contribution in [1.29, 1.82) is 0 Å². The molecule has 0 aliphatic carbocycles. The summed E-state index contributed by atoms with van der Waals surface area (Å²) in [4.78, 5) is 37.8. The first-order chi connectivity index (χ1) is 24.6. The van der Waals surface area contributed by atoms with Crippen LogP contribution in [0.2, 0.25) is 0 Å². The molecule has 0 bridgehead atoms. The van der Waals surface area contributed by atoms with Gasteiger partial charge in [0.2, 0.25) is 0 Å². The molecule has 6 aromatic rings. The van der Waals surface area contributed by atoms with Gasteiger partial charge in [0.25, 0.3) is 32.1 Å². The van der Waals surface area contributed by atoms with Crippen LogP contribution in [0, 0.1) is 0 Å². The molecule has 0 heterocycles. The third-order valence-corrected chi connectivity index (χ3v) is 9.51. The number of urea groups is 1. The fourth-order valence-electron chi connectivity index (χ4n) is 5.41. The monoisotopic (exact) mass is 742 g/mol. The maximum absolute atomic E-state index is 13.2. The molecule has 0 saturated carbocycles. The maximum atomic E-state index is 13.2. The van der Waals surface area contributed by atoms with Gasteiger partial charge in [0.1, 0.15) is 9.79 Å². The van der Waals surface area contributed by atoms with Crippen LogP contribution in [0.15, 0.2) is 119 Å². The van der Waals surface area contributed by atoms with Crippen molar-refractivity contribution in [3.8, 4) is 11.5 Å². The zero-order valence-corrected chi connectivity index (χ0v) is 28.0. The summed E-state index contributed by atoms with van der Waals surface area (Å²) in [5.74, 6) is -3.29. The molecule has 264 valence electrons. The van der Waals surface area contributed by atoms with Crippen molar-refractivity contribution in [1.82, 2.24) is 0 Å². The Bertz CT molecular complexity index is 2500. The molecule has 0 radical (unpaired) electrons. The van der Waals surface area contributed by atoms with Crippen LogP contribution in [0.4, 0.5) is 27.5 Å². The first-order valence-electron chi connectivity index (χ1n) is 15.0. The molecule has 4 amide bonds. The molecule has 0 atom stereocenters. The first kappa shape index (κ1) is 35.3. The molecule has 0 aromatic heterocycles. The van der Waals surface area contributed by atoms with Crippen LogP contribution < -0.4 is 21.3 Å². The number of hydrogen-bond acceptors (Lipinski definition) is 9. The Morgan fingerprint density at radius 3 is 1.25 bits per heavy atom. The normalized spacial score (nSPS) is 11.6. The third-order valence-electron chi connectivity index (χ3n) is 7.77. The number of carbonyl (C=O) groups excluding carboxylic acids is 3. The van der Waals surface area contributed by atoms with E-state index in [1.165, 1.54) is 72.8 Å². The summed E-state index contributed by atoms with van der Waals surface area (Å²) in [6, 6.07) is 25.2. The van der Waals surface area contributed by atoms with E-state index in [0.717, 1.165) is 12.1 Å². The minimum atomic E-state index is -4.85. The molecule has 0 aliphatic rings. The van der Waals surface area contributed by atoms with Crippen molar-refractivity contribution < 1.29 is 50.5 Å². The van der Waals surface area contributed by atoms with E-state index in [4.69, 9.17) is 0 Å². The number of nitrogens with one attached hydrogen (secondary N) is 4. The van der Waals surface area contributed by atoms with Gasteiger partial charge in [0.05, 0.1) is 11.4 Å². The molecular weight excluding hydrogens is 717 g/mol. The second-order valence-electron chi connectivity index (χ2n) is 11.2. The van der Waals surface area contributed by atoms with E-state index in [-0.39, 0.29) is 33.9 Å². The number of anilines is 4. The molecule has 15 nitrogen and oxygen atoms in total. The van der Waals surface area contributed by atoms with E-state index >= 15 is 0 Å². The highest BCUT2D eigenvalue weighted by Crippen LogP contribution is 2.40. The Balaban J connectivity index is 1.18. The summed E-state index contributed by atoms with van der Waals surface area (Å²) >= 11 is 0. The minimum Gasteiger partial charge on any atom is -0.504 e.